The summed E-state index contributed by atoms with van der Waals surface area (Å²) in [7, 11) is 4.41. The molecule has 0 atom stereocenters. The fraction of sp³-hybridized carbons (Fsp3) is 0.600. The van der Waals surface area contributed by atoms with Crippen molar-refractivity contribution in [3.63, 3.8) is 0 Å². The molecule has 0 aromatic heterocycles. The minimum Gasteiger partial charge on any atom is -0.398 e. The van der Waals surface area contributed by atoms with E-state index in [-0.39, 0.29) is 0 Å². The summed E-state index contributed by atoms with van der Waals surface area (Å²) in [6, 6.07) is 6.11. The Hall–Kier alpha value is -0.580. The van der Waals surface area contributed by atoms with E-state index in [4.69, 9.17) is 5.73 Å². The van der Waals surface area contributed by atoms with Crippen molar-refractivity contribution in [2.75, 3.05) is 39.5 Å². The number of benzene rings is 1. The molecule has 1 fully saturated rings. The Bertz CT molecular complexity index is 414. The molecule has 3 nitrogen and oxygen atoms in total. The maximum atomic E-state index is 5.92. The van der Waals surface area contributed by atoms with E-state index in [2.05, 4.69) is 45.9 Å². The molecule has 0 unspecified atom stereocenters. The van der Waals surface area contributed by atoms with Crippen LogP contribution in [0.1, 0.15) is 18.4 Å². The summed E-state index contributed by atoms with van der Waals surface area (Å²) >= 11 is 3.58. The van der Waals surface area contributed by atoms with E-state index in [0.717, 1.165) is 22.6 Å². The molecule has 106 valence electrons. The van der Waals surface area contributed by atoms with Crippen LogP contribution in [-0.4, -0.2) is 43.5 Å². The van der Waals surface area contributed by atoms with Crippen molar-refractivity contribution in [2.24, 2.45) is 5.92 Å². The third-order valence-corrected chi connectivity index (χ3v) is 4.92. The third kappa shape index (κ3) is 4.20. The zero-order chi connectivity index (χ0) is 13.8. The summed E-state index contributed by atoms with van der Waals surface area (Å²) in [5.74, 6) is 0.834. The van der Waals surface area contributed by atoms with E-state index < -0.39 is 0 Å². The van der Waals surface area contributed by atoms with Crippen LogP contribution in [0.4, 0.5) is 5.69 Å². The van der Waals surface area contributed by atoms with Crippen molar-refractivity contribution >= 4 is 21.6 Å². The molecular formula is C15H24BrN3. The lowest BCUT2D eigenvalue weighted by molar-refractivity contribution is 0.173. The Morgan fingerprint density at radius 3 is 2.74 bits per heavy atom. The summed E-state index contributed by atoms with van der Waals surface area (Å²) in [6.45, 7) is 4.61. The first-order valence-electron chi connectivity index (χ1n) is 6.96. The molecule has 2 N–H and O–H groups in total. The van der Waals surface area contributed by atoms with Crippen LogP contribution in [0, 0.1) is 5.92 Å². The number of rotatable bonds is 4. The van der Waals surface area contributed by atoms with Gasteiger partial charge in [-0.2, -0.15) is 0 Å². The molecule has 0 amide bonds. The summed E-state index contributed by atoms with van der Waals surface area (Å²) in [5.41, 5.74) is 8.02. The van der Waals surface area contributed by atoms with E-state index in [1.165, 1.54) is 38.0 Å². The summed E-state index contributed by atoms with van der Waals surface area (Å²) in [4.78, 5) is 4.83. The molecule has 1 aromatic carbocycles. The van der Waals surface area contributed by atoms with Gasteiger partial charge in [-0.05, 0) is 73.5 Å². The van der Waals surface area contributed by atoms with Gasteiger partial charge in [0.2, 0.25) is 0 Å². The summed E-state index contributed by atoms with van der Waals surface area (Å²) < 4.78 is 1.05. The number of likely N-dealkylation sites (tertiary alicyclic amines) is 1. The van der Waals surface area contributed by atoms with Crippen LogP contribution in [-0.2, 0) is 6.54 Å². The molecule has 0 saturated carbocycles. The number of piperidine rings is 1. The van der Waals surface area contributed by atoms with Gasteiger partial charge in [0.25, 0.3) is 0 Å². The van der Waals surface area contributed by atoms with Crippen LogP contribution in [0.15, 0.2) is 22.7 Å². The molecular weight excluding hydrogens is 302 g/mol. The average Bonchev–Trinajstić information content (AvgIpc) is 2.38. The van der Waals surface area contributed by atoms with E-state index in [0.29, 0.717) is 0 Å². The predicted molar refractivity (Wildman–Crippen MR) is 85.1 cm³/mol. The number of halogens is 1. The monoisotopic (exact) mass is 325 g/mol. The topological polar surface area (TPSA) is 32.5 Å². The largest absolute Gasteiger partial charge is 0.398 e. The number of hydrogen-bond donors (Lipinski definition) is 1. The number of hydrogen-bond acceptors (Lipinski definition) is 3. The summed E-state index contributed by atoms with van der Waals surface area (Å²) in [6.07, 6.45) is 2.64. The van der Waals surface area contributed by atoms with Gasteiger partial charge < -0.3 is 15.5 Å². The van der Waals surface area contributed by atoms with Gasteiger partial charge in [-0.3, -0.25) is 0 Å². The number of nitrogens with two attached hydrogens (primary N) is 1. The van der Waals surface area contributed by atoms with Crippen molar-refractivity contribution < 1.29 is 0 Å². The van der Waals surface area contributed by atoms with Crippen LogP contribution < -0.4 is 5.73 Å². The number of nitrogen functional groups attached to an aromatic ring is 1. The van der Waals surface area contributed by atoms with Crippen LogP contribution in [0.2, 0.25) is 0 Å². The second kappa shape index (κ2) is 6.73. The maximum absolute atomic E-state index is 5.92. The molecule has 1 heterocycles. The van der Waals surface area contributed by atoms with Crippen molar-refractivity contribution in [3.8, 4) is 0 Å². The highest BCUT2D eigenvalue weighted by Crippen LogP contribution is 2.25. The first kappa shape index (κ1) is 14.8. The molecule has 0 bridgehead atoms. The smallest absolute Gasteiger partial charge is 0.0461 e. The van der Waals surface area contributed by atoms with Gasteiger partial charge in [-0.25, -0.2) is 0 Å². The zero-order valence-corrected chi connectivity index (χ0v) is 13.5. The maximum Gasteiger partial charge on any atom is 0.0461 e. The van der Waals surface area contributed by atoms with Gasteiger partial charge in [-0.15, -0.1) is 0 Å². The SMILES string of the molecule is CN1CCC(CN(C)Cc2cccc(N)c2Br)CC1. The van der Waals surface area contributed by atoms with Crippen LogP contribution in [0.5, 0.6) is 0 Å². The first-order valence-corrected chi connectivity index (χ1v) is 7.75. The van der Waals surface area contributed by atoms with E-state index >= 15 is 0 Å². The van der Waals surface area contributed by atoms with Crippen LogP contribution in [0.3, 0.4) is 0 Å². The van der Waals surface area contributed by atoms with Crippen molar-refractivity contribution in [2.45, 2.75) is 19.4 Å². The van der Waals surface area contributed by atoms with Gasteiger partial charge in [0.1, 0.15) is 0 Å². The fourth-order valence-electron chi connectivity index (χ4n) is 2.76. The highest BCUT2D eigenvalue weighted by atomic mass is 79.9. The fourth-order valence-corrected chi connectivity index (χ4v) is 3.15. The lowest BCUT2D eigenvalue weighted by Gasteiger charge is -2.31. The second-order valence-electron chi connectivity index (χ2n) is 5.76. The molecule has 1 aromatic rings. The normalized spacial score (nSPS) is 18.1. The Labute approximate surface area is 124 Å². The Morgan fingerprint density at radius 2 is 2.05 bits per heavy atom. The highest BCUT2D eigenvalue weighted by molar-refractivity contribution is 9.10. The van der Waals surface area contributed by atoms with Gasteiger partial charge in [0.15, 0.2) is 0 Å². The van der Waals surface area contributed by atoms with Crippen LogP contribution in [0.25, 0.3) is 0 Å². The number of anilines is 1. The summed E-state index contributed by atoms with van der Waals surface area (Å²) in [5, 5.41) is 0. The molecule has 2 rings (SSSR count). The predicted octanol–water partition coefficient (Wildman–Crippen LogP) is 2.80. The number of nitrogens with zero attached hydrogens (tertiary/aromatic N) is 2. The Morgan fingerprint density at radius 1 is 1.37 bits per heavy atom. The molecule has 19 heavy (non-hydrogen) atoms. The van der Waals surface area contributed by atoms with Crippen molar-refractivity contribution in [1.82, 2.24) is 9.80 Å². The minimum atomic E-state index is 0.824. The molecule has 0 radical (unpaired) electrons. The first-order chi connectivity index (χ1) is 9.06. The van der Waals surface area contributed by atoms with Gasteiger partial charge in [-0.1, -0.05) is 12.1 Å². The van der Waals surface area contributed by atoms with Crippen molar-refractivity contribution in [3.05, 3.63) is 28.2 Å². The minimum absolute atomic E-state index is 0.824. The van der Waals surface area contributed by atoms with Gasteiger partial charge in [0, 0.05) is 23.2 Å². The van der Waals surface area contributed by atoms with E-state index in [1.54, 1.807) is 0 Å². The van der Waals surface area contributed by atoms with Gasteiger partial charge in [0.05, 0.1) is 0 Å². The third-order valence-electron chi connectivity index (χ3n) is 3.96. The van der Waals surface area contributed by atoms with E-state index in [1.807, 2.05) is 12.1 Å². The molecule has 4 heteroatoms. The van der Waals surface area contributed by atoms with Gasteiger partial charge >= 0.3 is 0 Å². The quantitative estimate of drug-likeness (QED) is 0.864. The Balaban J connectivity index is 1.87. The lowest BCUT2D eigenvalue weighted by Crippen LogP contribution is -2.35. The average molecular weight is 326 g/mol. The van der Waals surface area contributed by atoms with Crippen molar-refractivity contribution in [1.29, 1.82) is 0 Å². The highest BCUT2D eigenvalue weighted by Gasteiger charge is 2.18. The molecule has 1 aliphatic heterocycles. The molecule has 1 aliphatic rings. The second-order valence-corrected chi connectivity index (χ2v) is 6.56. The Kier molecular flexibility index (Phi) is 5.25. The molecule has 0 spiro atoms. The van der Waals surface area contributed by atoms with Crippen LogP contribution >= 0.6 is 15.9 Å². The zero-order valence-electron chi connectivity index (χ0n) is 11.9. The molecule has 0 aliphatic carbocycles. The molecule has 1 saturated heterocycles. The standard InChI is InChI=1S/C15H24BrN3/c1-18-8-6-12(7-9-18)10-19(2)11-13-4-3-5-14(17)15(13)16/h3-5,12H,6-11,17H2,1-2H3. The van der Waals surface area contributed by atoms with E-state index in [9.17, 15) is 0 Å². The lowest BCUT2D eigenvalue weighted by atomic mass is 9.96.